The molecule has 0 atom stereocenters. The molecule has 0 amide bonds. The van der Waals surface area contributed by atoms with Gasteiger partial charge < -0.3 is 9.47 Å². The predicted octanol–water partition coefficient (Wildman–Crippen LogP) is 8.21. The smallest absolute Gasteiger partial charge is 0.345 e. The summed E-state index contributed by atoms with van der Waals surface area (Å²) in [4.78, 5) is 16.5. The highest BCUT2D eigenvalue weighted by Gasteiger charge is 2.30. The first-order chi connectivity index (χ1) is 19.5. The van der Waals surface area contributed by atoms with Crippen LogP contribution in [0.4, 0.5) is 0 Å². The second kappa shape index (κ2) is 11.1. The van der Waals surface area contributed by atoms with Crippen molar-refractivity contribution in [3.8, 4) is 16.9 Å². The van der Waals surface area contributed by atoms with Crippen molar-refractivity contribution < 1.29 is 14.3 Å². The summed E-state index contributed by atoms with van der Waals surface area (Å²) in [5, 5.41) is 0. The molecule has 6 rings (SSSR count). The Morgan fingerprint density at radius 1 is 0.675 bits per heavy atom. The maximum Gasteiger partial charge on any atom is 0.345 e. The molecule has 5 aromatic rings. The number of esters is 1. The number of benzene rings is 5. The van der Waals surface area contributed by atoms with Gasteiger partial charge in [-0.2, -0.15) is 0 Å². The lowest BCUT2D eigenvalue weighted by molar-refractivity contribution is -0.159. The predicted molar refractivity (Wildman–Crippen MR) is 161 cm³/mol. The van der Waals surface area contributed by atoms with Crippen LogP contribution in [0, 0.1) is 0 Å². The van der Waals surface area contributed by atoms with Crippen LogP contribution in [0.5, 0.6) is 5.75 Å². The second-order valence-electron chi connectivity index (χ2n) is 10.4. The van der Waals surface area contributed by atoms with Crippen LogP contribution in [0.2, 0.25) is 0 Å². The summed E-state index contributed by atoms with van der Waals surface area (Å²) < 4.78 is 11.7. The highest BCUT2D eigenvalue weighted by atomic mass is 32.2. The van der Waals surface area contributed by atoms with Gasteiger partial charge in [0.05, 0.1) is 10.9 Å². The number of rotatable bonds is 8. The molecule has 0 N–H and O–H groups in total. The Labute approximate surface area is 238 Å². The first kappa shape index (κ1) is 26.0. The molecule has 0 aliphatic heterocycles. The second-order valence-corrected chi connectivity index (χ2v) is 12.4. The Morgan fingerprint density at radius 2 is 1.25 bits per heavy atom. The Morgan fingerprint density at radius 3 is 1.93 bits per heavy atom. The molecule has 198 valence electrons. The summed E-state index contributed by atoms with van der Waals surface area (Å²) in [6.07, 6.45) is 0.901. The molecule has 40 heavy (non-hydrogen) atoms. The number of carbonyl (C=O) groups excluding carboxylic acids is 1. The normalized spacial score (nSPS) is 12.1. The van der Waals surface area contributed by atoms with Crippen molar-refractivity contribution in [2.45, 2.75) is 40.6 Å². The van der Waals surface area contributed by atoms with E-state index in [0.29, 0.717) is 5.75 Å². The zero-order valence-corrected chi connectivity index (χ0v) is 23.5. The minimum absolute atomic E-state index is 0.151. The average molecular weight is 544 g/mol. The van der Waals surface area contributed by atoms with Crippen LogP contribution in [0.1, 0.15) is 30.5 Å². The monoisotopic (exact) mass is 543 g/mol. The van der Waals surface area contributed by atoms with Crippen molar-refractivity contribution in [2.24, 2.45) is 0 Å². The van der Waals surface area contributed by atoms with Crippen LogP contribution >= 0.6 is 0 Å². The largest absolute Gasteiger partial charge is 0.482 e. The summed E-state index contributed by atoms with van der Waals surface area (Å²) in [5.74, 6) is 0.240. The van der Waals surface area contributed by atoms with Crippen molar-refractivity contribution in [3.63, 3.8) is 0 Å². The first-order valence-corrected chi connectivity index (χ1v) is 14.7. The SMILES string of the molecule is CC(C)(OC(=O)COc1ccc([S+](c2ccccc2)c2ccccc2)cc1)c1ccc2c(c1)Cc1ccccc1-2. The van der Waals surface area contributed by atoms with Gasteiger partial charge in [0.15, 0.2) is 21.3 Å². The molecule has 0 heterocycles. The van der Waals surface area contributed by atoms with Crippen molar-refractivity contribution >= 4 is 16.9 Å². The fourth-order valence-corrected chi connectivity index (χ4v) is 7.31. The van der Waals surface area contributed by atoms with Gasteiger partial charge in [0.1, 0.15) is 11.4 Å². The van der Waals surface area contributed by atoms with Gasteiger partial charge in [-0.1, -0.05) is 78.9 Å². The molecule has 0 radical (unpaired) electrons. The molecule has 1 aliphatic carbocycles. The number of ether oxygens (including phenoxy) is 2. The van der Waals surface area contributed by atoms with E-state index in [1.807, 2.05) is 38.1 Å². The van der Waals surface area contributed by atoms with Gasteiger partial charge in [-0.25, -0.2) is 4.79 Å². The van der Waals surface area contributed by atoms with Gasteiger partial charge in [-0.3, -0.25) is 0 Å². The quantitative estimate of drug-likeness (QED) is 0.143. The highest BCUT2D eigenvalue weighted by molar-refractivity contribution is 7.97. The lowest BCUT2D eigenvalue weighted by Gasteiger charge is -2.26. The van der Waals surface area contributed by atoms with Crippen molar-refractivity contribution in [1.82, 2.24) is 0 Å². The lowest BCUT2D eigenvalue weighted by atomic mass is 9.94. The minimum Gasteiger partial charge on any atom is -0.482 e. The molecule has 0 spiro atoms. The molecule has 0 saturated heterocycles. The molecule has 3 nitrogen and oxygen atoms in total. The van der Waals surface area contributed by atoms with E-state index in [1.165, 1.54) is 36.9 Å². The van der Waals surface area contributed by atoms with Crippen LogP contribution < -0.4 is 4.74 Å². The fraction of sp³-hybridized carbons (Fsp3) is 0.139. The molecule has 4 heteroatoms. The van der Waals surface area contributed by atoms with Gasteiger partial charge in [0.2, 0.25) is 0 Å². The number of carbonyl (C=O) groups is 1. The maximum atomic E-state index is 12.8. The number of hydrogen-bond acceptors (Lipinski definition) is 3. The van der Waals surface area contributed by atoms with Crippen molar-refractivity contribution in [3.05, 3.63) is 144 Å². The standard InChI is InChI=1S/C36H31O3S/c1-36(2,28-17-22-34-27(24-28)23-26-11-9-10-16-33(26)34)39-35(37)25-38-29-18-20-32(21-19-29)40(30-12-5-3-6-13-30)31-14-7-4-8-15-31/h3-22,24H,23,25H2,1-2H3/q+1. The van der Waals surface area contributed by atoms with Crippen LogP contribution in [-0.4, -0.2) is 12.6 Å². The third kappa shape index (κ3) is 5.41. The minimum atomic E-state index is -0.770. The zero-order valence-electron chi connectivity index (χ0n) is 22.7. The van der Waals surface area contributed by atoms with Gasteiger partial charge in [-0.15, -0.1) is 0 Å². The summed E-state index contributed by atoms with van der Waals surface area (Å²) in [6.45, 7) is 3.71. The summed E-state index contributed by atoms with van der Waals surface area (Å²) in [5.41, 5.74) is 5.36. The zero-order chi connectivity index (χ0) is 27.5. The van der Waals surface area contributed by atoms with Crippen LogP contribution in [0.15, 0.2) is 142 Å². The van der Waals surface area contributed by atoms with E-state index in [4.69, 9.17) is 9.47 Å². The summed E-state index contributed by atoms with van der Waals surface area (Å²) in [6, 6.07) is 43.9. The average Bonchev–Trinajstić information content (AvgIpc) is 3.36. The molecular formula is C36H31O3S+. The van der Waals surface area contributed by atoms with Gasteiger partial charge >= 0.3 is 5.97 Å². The Balaban J connectivity index is 1.11. The van der Waals surface area contributed by atoms with E-state index in [-0.39, 0.29) is 17.5 Å². The number of fused-ring (bicyclic) bond motifs is 3. The van der Waals surface area contributed by atoms with Crippen molar-refractivity contribution in [2.75, 3.05) is 6.61 Å². The topological polar surface area (TPSA) is 35.5 Å². The molecule has 1 aliphatic rings. The molecule has 0 bridgehead atoms. The third-order valence-corrected chi connectivity index (χ3v) is 9.46. The van der Waals surface area contributed by atoms with Crippen LogP contribution in [-0.2, 0) is 32.4 Å². The van der Waals surface area contributed by atoms with E-state index in [9.17, 15) is 4.79 Å². The first-order valence-electron chi connectivity index (χ1n) is 13.5. The summed E-state index contributed by atoms with van der Waals surface area (Å²) >= 11 is 0. The van der Waals surface area contributed by atoms with E-state index in [2.05, 4.69) is 103 Å². The van der Waals surface area contributed by atoms with E-state index in [0.717, 1.165) is 12.0 Å². The maximum absolute atomic E-state index is 12.8. The Bertz CT molecular complexity index is 1590. The van der Waals surface area contributed by atoms with Crippen molar-refractivity contribution in [1.29, 1.82) is 0 Å². The molecule has 0 saturated carbocycles. The lowest BCUT2D eigenvalue weighted by Crippen LogP contribution is -2.28. The van der Waals surface area contributed by atoms with Crippen LogP contribution in [0.25, 0.3) is 11.1 Å². The van der Waals surface area contributed by atoms with E-state index >= 15 is 0 Å². The molecule has 0 fully saturated rings. The molecule has 0 unspecified atom stereocenters. The highest BCUT2D eigenvalue weighted by Crippen LogP contribution is 2.39. The van der Waals surface area contributed by atoms with Gasteiger partial charge in [0, 0.05) is 0 Å². The molecule has 0 aromatic heterocycles. The molecule has 5 aromatic carbocycles. The number of hydrogen-bond donors (Lipinski definition) is 0. The molecular weight excluding hydrogens is 512 g/mol. The Kier molecular flexibility index (Phi) is 7.19. The van der Waals surface area contributed by atoms with Crippen LogP contribution in [0.3, 0.4) is 0 Å². The van der Waals surface area contributed by atoms with E-state index < -0.39 is 11.6 Å². The third-order valence-electron chi connectivity index (χ3n) is 7.23. The van der Waals surface area contributed by atoms with E-state index in [1.54, 1.807) is 0 Å². The summed E-state index contributed by atoms with van der Waals surface area (Å²) in [7, 11) is -0.231. The Hall–Kier alpha value is -4.28. The van der Waals surface area contributed by atoms with Gasteiger partial charge in [0.25, 0.3) is 0 Å². The van der Waals surface area contributed by atoms with Gasteiger partial charge in [-0.05, 0) is 96.6 Å². The fourth-order valence-electron chi connectivity index (χ4n) is 5.23.